The van der Waals surface area contributed by atoms with Gasteiger partial charge in [-0.2, -0.15) is 0 Å². The summed E-state index contributed by atoms with van der Waals surface area (Å²) in [5, 5.41) is 19.5. The molecule has 1 aromatic carbocycles. The van der Waals surface area contributed by atoms with Gasteiger partial charge >= 0.3 is 0 Å². The van der Waals surface area contributed by atoms with Crippen LogP contribution in [-0.4, -0.2) is 63.7 Å². The Labute approximate surface area is 153 Å². The number of aliphatic hydroxyl groups excluding tert-OH is 1. The maximum absolute atomic E-state index is 11.9. The number of amides is 1. The van der Waals surface area contributed by atoms with Crippen LogP contribution in [0, 0.1) is 0 Å². The average molecular weight is 355 g/mol. The van der Waals surface area contributed by atoms with Crippen LogP contribution in [0.4, 0.5) is 0 Å². The molecule has 1 amide bonds. The van der Waals surface area contributed by atoms with Gasteiger partial charge in [0.1, 0.15) is 0 Å². The Kier molecular flexibility index (Phi) is 6.51. The van der Waals surface area contributed by atoms with Crippen LogP contribution in [0.5, 0.6) is 0 Å². The van der Waals surface area contributed by atoms with Gasteiger partial charge in [-0.05, 0) is 24.9 Å². The lowest BCUT2D eigenvalue weighted by Gasteiger charge is -2.31. The Bertz CT molecular complexity index is 729. The summed E-state index contributed by atoms with van der Waals surface area (Å²) in [5.41, 5.74) is 1.50. The van der Waals surface area contributed by atoms with Crippen LogP contribution in [-0.2, 0) is 0 Å². The fourth-order valence-corrected chi connectivity index (χ4v) is 3.13. The predicted molar refractivity (Wildman–Crippen MR) is 99.6 cm³/mol. The zero-order chi connectivity index (χ0) is 18.2. The first-order chi connectivity index (χ1) is 12.8. The maximum Gasteiger partial charge on any atom is 0.273 e. The Hall–Kier alpha value is -2.51. The van der Waals surface area contributed by atoms with E-state index < -0.39 is 0 Å². The molecule has 1 fully saturated rings. The van der Waals surface area contributed by atoms with Crippen molar-refractivity contribution in [3.05, 3.63) is 53.9 Å². The zero-order valence-electron chi connectivity index (χ0n) is 14.8. The summed E-state index contributed by atoms with van der Waals surface area (Å²) in [5.74, 6) is -0.302. The van der Waals surface area contributed by atoms with Crippen molar-refractivity contribution < 1.29 is 9.90 Å². The van der Waals surface area contributed by atoms with Crippen LogP contribution in [0.15, 0.2) is 42.6 Å². The van der Waals surface area contributed by atoms with Gasteiger partial charge in [0.15, 0.2) is 5.69 Å². The molecule has 1 unspecified atom stereocenters. The molecule has 1 aliphatic heterocycles. The van der Waals surface area contributed by atoms with Gasteiger partial charge in [0.05, 0.1) is 18.8 Å². The van der Waals surface area contributed by atoms with Gasteiger partial charge in [-0.3, -0.25) is 9.69 Å². The van der Waals surface area contributed by atoms with Crippen molar-refractivity contribution in [2.45, 2.75) is 18.9 Å². The molecule has 0 radical (unpaired) electrons. The third-order valence-electron chi connectivity index (χ3n) is 4.47. The van der Waals surface area contributed by atoms with Gasteiger partial charge in [-0.15, -0.1) is 5.10 Å². The predicted octanol–water partition coefficient (Wildman–Crippen LogP) is 1.35. The lowest BCUT2D eigenvalue weighted by atomic mass is 10.1. The zero-order valence-corrected chi connectivity index (χ0v) is 14.8. The lowest BCUT2D eigenvalue weighted by Crippen LogP contribution is -2.36. The summed E-state index contributed by atoms with van der Waals surface area (Å²) in [6.07, 6.45) is 8.14. The van der Waals surface area contributed by atoms with Crippen LogP contribution in [0.25, 0.3) is 6.08 Å². The molecule has 26 heavy (non-hydrogen) atoms. The van der Waals surface area contributed by atoms with Crippen LogP contribution < -0.4 is 5.32 Å². The number of benzene rings is 1. The number of aliphatic hydroxyl groups is 1. The van der Waals surface area contributed by atoms with Crippen molar-refractivity contribution >= 4 is 12.0 Å². The van der Waals surface area contributed by atoms with E-state index in [-0.39, 0.29) is 25.1 Å². The summed E-state index contributed by atoms with van der Waals surface area (Å²) in [6, 6.07) is 10.5. The van der Waals surface area contributed by atoms with E-state index in [1.165, 1.54) is 5.56 Å². The van der Waals surface area contributed by atoms with E-state index in [1.807, 2.05) is 18.2 Å². The minimum absolute atomic E-state index is 0.0893. The molecule has 0 saturated carbocycles. The van der Waals surface area contributed by atoms with Gasteiger partial charge in [0, 0.05) is 19.6 Å². The molecule has 2 N–H and O–H groups in total. The summed E-state index contributed by atoms with van der Waals surface area (Å²) < 4.78 is 1.79. The summed E-state index contributed by atoms with van der Waals surface area (Å²) in [4.78, 5) is 14.3. The van der Waals surface area contributed by atoms with Crippen molar-refractivity contribution in [1.29, 1.82) is 0 Å². The maximum atomic E-state index is 11.9. The van der Waals surface area contributed by atoms with E-state index in [0.29, 0.717) is 5.69 Å². The molecule has 7 nitrogen and oxygen atoms in total. The number of likely N-dealkylation sites (tertiary alicyclic amines) is 1. The number of nitrogens with one attached hydrogen (secondary N) is 1. The first-order valence-corrected chi connectivity index (χ1v) is 9.01. The van der Waals surface area contributed by atoms with Crippen molar-refractivity contribution in [2.24, 2.45) is 0 Å². The molecule has 0 spiro atoms. The molecule has 0 aliphatic carbocycles. The van der Waals surface area contributed by atoms with Gasteiger partial charge in [0.25, 0.3) is 5.91 Å². The van der Waals surface area contributed by atoms with E-state index in [9.17, 15) is 4.79 Å². The Morgan fingerprint density at radius 2 is 2.19 bits per heavy atom. The van der Waals surface area contributed by atoms with E-state index in [2.05, 4.69) is 44.8 Å². The number of aromatic nitrogens is 3. The minimum Gasteiger partial charge on any atom is -0.395 e. The second-order valence-electron chi connectivity index (χ2n) is 6.43. The first kappa shape index (κ1) is 18.3. The largest absolute Gasteiger partial charge is 0.395 e. The number of piperidine rings is 1. The number of rotatable bonds is 7. The normalized spacial score (nSPS) is 18.3. The highest BCUT2D eigenvalue weighted by Crippen LogP contribution is 2.20. The van der Waals surface area contributed by atoms with Gasteiger partial charge in [-0.25, -0.2) is 4.68 Å². The van der Waals surface area contributed by atoms with Crippen molar-refractivity contribution in [2.75, 3.05) is 32.8 Å². The first-order valence-electron chi connectivity index (χ1n) is 9.01. The highest BCUT2D eigenvalue weighted by molar-refractivity contribution is 5.91. The molecular formula is C19H25N5O2. The number of carbonyl (C=O) groups excluding carboxylic acids is 1. The van der Waals surface area contributed by atoms with Crippen LogP contribution >= 0.6 is 0 Å². The summed E-state index contributed by atoms with van der Waals surface area (Å²) >= 11 is 0. The van der Waals surface area contributed by atoms with E-state index in [0.717, 1.165) is 32.5 Å². The molecular weight excluding hydrogens is 330 g/mol. The molecule has 0 bridgehead atoms. The Morgan fingerprint density at radius 3 is 3.00 bits per heavy atom. The summed E-state index contributed by atoms with van der Waals surface area (Å²) in [6.45, 7) is 2.98. The molecule has 1 saturated heterocycles. The van der Waals surface area contributed by atoms with Crippen LogP contribution in [0.1, 0.15) is 34.9 Å². The standard InChI is InChI=1S/C19H25N5O2/c25-13-10-20-19(26)18-15-24(22-21-18)17-9-5-12-23(14-17)11-4-8-16-6-2-1-3-7-16/h1-4,6-8,15,17,25H,5,9-14H2,(H,20,26)/b8-4+. The van der Waals surface area contributed by atoms with Gasteiger partial charge in [0.2, 0.25) is 0 Å². The van der Waals surface area contributed by atoms with E-state index in [4.69, 9.17) is 5.11 Å². The number of carbonyl (C=O) groups is 1. The third-order valence-corrected chi connectivity index (χ3v) is 4.47. The molecule has 1 atom stereocenters. The van der Waals surface area contributed by atoms with Crippen LogP contribution in [0.3, 0.4) is 0 Å². The van der Waals surface area contributed by atoms with Crippen molar-refractivity contribution in [3.63, 3.8) is 0 Å². The second-order valence-corrected chi connectivity index (χ2v) is 6.43. The third kappa shape index (κ3) is 5.00. The highest BCUT2D eigenvalue weighted by Gasteiger charge is 2.22. The van der Waals surface area contributed by atoms with Crippen molar-refractivity contribution in [1.82, 2.24) is 25.2 Å². The summed E-state index contributed by atoms with van der Waals surface area (Å²) in [7, 11) is 0. The number of nitrogens with zero attached hydrogens (tertiary/aromatic N) is 4. The molecule has 7 heteroatoms. The molecule has 3 rings (SSSR count). The molecule has 1 aliphatic rings. The van der Waals surface area contributed by atoms with Crippen LogP contribution in [0.2, 0.25) is 0 Å². The topological polar surface area (TPSA) is 83.3 Å². The molecule has 2 heterocycles. The number of hydrogen-bond donors (Lipinski definition) is 2. The quantitative estimate of drug-likeness (QED) is 0.783. The lowest BCUT2D eigenvalue weighted by molar-refractivity contribution is 0.0939. The monoisotopic (exact) mass is 355 g/mol. The average Bonchev–Trinajstić information content (AvgIpc) is 3.18. The molecule has 2 aromatic rings. The minimum atomic E-state index is -0.302. The smallest absolute Gasteiger partial charge is 0.273 e. The second kappa shape index (κ2) is 9.26. The fraction of sp³-hybridized carbons (Fsp3) is 0.421. The Morgan fingerprint density at radius 1 is 1.35 bits per heavy atom. The fourth-order valence-electron chi connectivity index (χ4n) is 3.13. The Balaban J connectivity index is 1.54. The molecule has 138 valence electrons. The van der Waals surface area contributed by atoms with Crippen molar-refractivity contribution in [3.8, 4) is 0 Å². The molecule has 1 aromatic heterocycles. The number of hydrogen-bond acceptors (Lipinski definition) is 5. The van der Waals surface area contributed by atoms with E-state index in [1.54, 1.807) is 10.9 Å². The highest BCUT2D eigenvalue weighted by atomic mass is 16.3. The SMILES string of the molecule is O=C(NCCO)c1cn(C2CCCN(C/C=C/c3ccccc3)C2)nn1. The van der Waals surface area contributed by atoms with E-state index >= 15 is 0 Å². The van der Waals surface area contributed by atoms with Gasteiger partial charge < -0.3 is 10.4 Å². The van der Waals surface area contributed by atoms with Gasteiger partial charge in [-0.1, -0.05) is 47.7 Å².